The van der Waals surface area contributed by atoms with Crippen LogP contribution < -0.4 is 4.90 Å². The summed E-state index contributed by atoms with van der Waals surface area (Å²) in [6, 6.07) is 17.5. The third-order valence-corrected chi connectivity index (χ3v) is 6.65. The highest BCUT2D eigenvalue weighted by Gasteiger charge is 2.24. The van der Waals surface area contributed by atoms with E-state index in [0.29, 0.717) is 11.1 Å². The van der Waals surface area contributed by atoms with Gasteiger partial charge in [-0.2, -0.15) is 10.4 Å². The van der Waals surface area contributed by atoms with Crippen molar-refractivity contribution in [2.24, 2.45) is 7.05 Å². The average Bonchev–Trinajstić information content (AvgIpc) is 3.45. The lowest BCUT2D eigenvalue weighted by atomic mass is 10.1. The molecule has 1 saturated heterocycles. The molecule has 4 aromatic rings. The molecular weight excluding hydrogens is 426 g/mol. The molecule has 1 aliphatic rings. The molecule has 34 heavy (non-hydrogen) atoms. The van der Waals surface area contributed by atoms with Crippen LogP contribution in [0, 0.1) is 18.3 Å². The van der Waals surface area contributed by atoms with Crippen molar-refractivity contribution in [1.29, 1.82) is 5.26 Å². The van der Waals surface area contributed by atoms with Gasteiger partial charge in [0.25, 0.3) is 5.91 Å². The number of fused-ring (bicyclic) bond motifs is 1. The van der Waals surface area contributed by atoms with E-state index in [1.807, 2.05) is 78.1 Å². The molecule has 172 valence electrons. The van der Waals surface area contributed by atoms with E-state index in [0.717, 1.165) is 53.7 Å². The number of ether oxygens (including phenoxy) is 1. The number of benzene rings is 2. The normalized spacial score (nSPS) is 15.9. The SMILES string of the molecule is Cc1c(C(=O)N(Cc2ccccc2C#N)c2ccc3cnn(C4CCCCO4)c3c2)ccn1C. The number of hydrogen-bond acceptors (Lipinski definition) is 4. The van der Waals surface area contributed by atoms with Crippen LogP contribution in [0.3, 0.4) is 0 Å². The second-order valence-corrected chi connectivity index (χ2v) is 8.74. The summed E-state index contributed by atoms with van der Waals surface area (Å²) in [6.07, 6.45) is 6.73. The Kier molecular flexibility index (Phi) is 5.91. The van der Waals surface area contributed by atoms with E-state index in [4.69, 9.17) is 4.74 Å². The van der Waals surface area contributed by atoms with Crippen molar-refractivity contribution in [3.8, 4) is 6.07 Å². The van der Waals surface area contributed by atoms with Gasteiger partial charge in [-0.25, -0.2) is 4.68 Å². The van der Waals surface area contributed by atoms with Crippen LogP contribution in [0.15, 0.2) is 60.9 Å². The monoisotopic (exact) mass is 453 g/mol. The molecule has 7 nitrogen and oxygen atoms in total. The van der Waals surface area contributed by atoms with Crippen LogP contribution in [-0.2, 0) is 18.3 Å². The Morgan fingerprint density at radius 3 is 2.82 bits per heavy atom. The lowest BCUT2D eigenvalue weighted by Gasteiger charge is -2.25. The van der Waals surface area contributed by atoms with Gasteiger partial charge in [-0.15, -0.1) is 0 Å². The summed E-state index contributed by atoms with van der Waals surface area (Å²) in [5.41, 5.74) is 4.58. The van der Waals surface area contributed by atoms with Crippen LogP contribution in [0.5, 0.6) is 0 Å². The highest BCUT2D eigenvalue weighted by Crippen LogP contribution is 2.30. The molecule has 3 heterocycles. The number of nitrogens with zero attached hydrogens (tertiary/aromatic N) is 5. The van der Waals surface area contributed by atoms with Gasteiger partial charge in [0.15, 0.2) is 6.23 Å². The minimum atomic E-state index is -0.106. The molecule has 1 atom stereocenters. The second-order valence-electron chi connectivity index (χ2n) is 8.74. The molecule has 0 radical (unpaired) electrons. The summed E-state index contributed by atoms with van der Waals surface area (Å²) in [5.74, 6) is -0.106. The van der Waals surface area contributed by atoms with Crippen LogP contribution in [0.1, 0.15) is 52.7 Å². The first-order valence-corrected chi connectivity index (χ1v) is 11.6. The van der Waals surface area contributed by atoms with Crippen molar-refractivity contribution >= 4 is 22.5 Å². The maximum atomic E-state index is 13.8. The third kappa shape index (κ3) is 3.97. The van der Waals surface area contributed by atoms with E-state index in [1.54, 1.807) is 11.0 Å². The van der Waals surface area contributed by atoms with Crippen LogP contribution in [-0.4, -0.2) is 26.9 Å². The summed E-state index contributed by atoms with van der Waals surface area (Å²) in [6.45, 7) is 2.96. The van der Waals surface area contributed by atoms with E-state index in [1.165, 1.54) is 0 Å². The molecule has 0 N–H and O–H groups in total. The molecule has 0 spiro atoms. The lowest BCUT2D eigenvalue weighted by Crippen LogP contribution is -2.31. The molecular formula is C27H27N5O2. The van der Waals surface area contributed by atoms with Crippen molar-refractivity contribution in [2.75, 3.05) is 11.5 Å². The number of aromatic nitrogens is 3. The standard InChI is InChI=1S/C27H27N5O2/c1-19-24(12-13-30(19)2)27(33)31(18-22-8-4-3-7-20(22)16-28)23-11-10-21-17-29-32(25(21)15-23)26-9-5-6-14-34-26/h3-4,7-8,10-13,15,17,26H,5-6,9,14,18H2,1-2H3. The molecule has 0 aliphatic carbocycles. The van der Waals surface area contributed by atoms with Crippen LogP contribution >= 0.6 is 0 Å². The van der Waals surface area contributed by atoms with Gasteiger partial charge in [0.2, 0.25) is 0 Å². The summed E-state index contributed by atoms with van der Waals surface area (Å²) < 4.78 is 9.84. The number of nitriles is 1. The number of carbonyl (C=O) groups is 1. The Bertz CT molecular complexity index is 1390. The summed E-state index contributed by atoms with van der Waals surface area (Å²) in [5, 5.41) is 15.2. The van der Waals surface area contributed by atoms with Gasteiger partial charge in [-0.3, -0.25) is 4.79 Å². The van der Waals surface area contributed by atoms with Crippen LogP contribution in [0.25, 0.3) is 10.9 Å². The van der Waals surface area contributed by atoms with Gasteiger partial charge in [-0.05, 0) is 62.1 Å². The molecule has 5 rings (SSSR count). The lowest BCUT2D eigenvalue weighted by molar-refractivity contribution is -0.0366. The van der Waals surface area contributed by atoms with Crippen molar-refractivity contribution in [1.82, 2.24) is 14.3 Å². The van der Waals surface area contributed by atoms with Crippen molar-refractivity contribution in [3.05, 3.63) is 83.3 Å². The summed E-state index contributed by atoms with van der Waals surface area (Å²) >= 11 is 0. The number of amides is 1. The Hall–Kier alpha value is -3.89. The topological polar surface area (TPSA) is 76.1 Å². The van der Waals surface area contributed by atoms with Crippen LogP contribution in [0.4, 0.5) is 5.69 Å². The zero-order chi connectivity index (χ0) is 23.7. The summed E-state index contributed by atoms with van der Waals surface area (Å²) in [7, 11) is 1.93. The first-order valence-electron chi connectivity index (χ1n) is 11.6. The Morgan fingerprint density at radius 1 is 1.24 bits per heavy atom. The minimum Gasteiger partial charge on any atom is -0.356 e. The molecule has 2 aromatic heterocycles. The number of carbonyl (C=O) groups excluding carboxylic acids is 1. The van der Waals surface area contributed by atoms with Gasteiger partial charge in [0.05, 0.1) is 35.5 Å². The van der Waals surface area contributed by atoms with E-state index in [9.17, 15) is 10.1 Å². The fourth-order valence-corrected chi connectivity index (χ4v) is 4.54. The quantitative estimate of drug-likeness (QED) is 0.421. The van der Waals surface area contributed by atoms with E-state index < -0.39 is 0 Å². The Balaban J connectivity index is 1.60. The van der Waals surface area contributed by atoms with Crippen LogP contribution in [0.2, 0.25) is 0 Å². The first kappa shape index (κ1) is 21.9. The number of hydrogen-bond donors (Lipinski definition) is 0. The largest absolute Gasteiger partial charge is 0.356 e. The van der Waals surface area contributed by atoms with Crippen molar-refractivity contribution in [3.63, 3.8) is 0 Å². The third-order valence-electron chi connectivity index (χ3n) is 6.65. The molecule has 2 aromatic carbocycles. The smallest absolute Gasteiger partial charge is 0.260 e. The number of anilines is 1. The fraction of sp³-hybridized carbons (Fsp3) is 0.296. The molecule has 1 fully saturated rings. The molecule has 0 saturated carbocycles. The molecule has 1 amide bonds. The van der Waals surface area contributed by atoms with Gasteiger partial charge < -0.3 is 14.2 Å². The minimum absolute atomic E-state index is 0.0960. The number of aryl methyl sites for hydroxylation is 1. The maximum absolute atomic E-state index is 13.8. The van der Waals surface area contributed by atoms with Crippen molar-refractivity contribution in [2.45, 2.75) is 39.0 Å². The predicted octanol–water partition coefficient (Wildman–Crippen LogP) is 5.10. The second kappa shape index (κ2) is 9.16. The van der Waals surface area contributed by atoms with E-state index >= 15 is 0 Å². The molecule has 1 unspecified atom stereocenters. The highest BCUT2D eigenvalue weighted by atomic mass is 16.5. The Labute approximate surface area is 198 Å². The van der Waals surface area contributed by atoms with E-state index in [-0.39, 0.29) is 18.7 Å². The summed E-state index contributed by atoms with van der Waals surface area (Å²) in [4.78, 5) is 15.6. The highest BCUT2D eigenvalue weighted by molar-refractivity contribution is 6.07. The average molecular weight is 454 g/mol. The molecule has 0 bridgehead atoms. The van der Waals surface area contributed by atoms with E-state index in [2.05, 4.69) is 11.2 Å². The van der Waals surface area contributed by atoms with Gasteiger partial charge >= 0.3 is 0 Å². The number of rotatable bonds is 5. The molecule has 7 heteroatoms. The van der Waals surface area contributed by atoms with Gasteiger partial charge in [0, 0.05) is 36.6 Å². The predicted molar refractivity (Wildman–Crippen MR) is 130 cm³/mol. The van der Waals surface area contributed by atoms with Gasteiger partial charge in [0.1, 0.15) is 0 Å². The first-order chi connectivity index (χ1) is 16.6. The fourth-order valence-electron chi connectivity index (χ4n) is 4.54. The van der Waals surface area contributed by atoms with Gasteiger partial charge in [-0.1, -0.05) is 18.2 Å². The molecule has 1 aliphatic heterocycles. The Morgan fingerprint density at radius 2 is 2.09 bits per heavy atom. The zero-order valence-electron chi connectivity index (χ0n) is 19.4. The maximum Gasteiger partial charge on any atom is 0.260 e. The van der Waals surface area contributed by atoms with Crippen molar-refractivity contribution < 1.29 is 9.53 Å². The zero-order valence-corrected chi connectivity index (χ0v) is 19.4.